The second-order valence-corrected chi connectivity index (χ2v) is 10.6. The Morgan fingerprint density at radius 2 is 1.58 bits per heavy atom. The van der Waals surface area contributed by atoms with Crippen molar-refractivity contribution in [2.24, 2.45) is 0 Å². The molecule has 3 aromatic carbocycles. The average Bonchev–Trinajstić information content (AvgIpc) is 2.93. The maximum Gasteiger partial charge on any atom is 0.161 e. The standard InChI is InChI=1S/C33H37NO3.ClH/c1-32(2)17-20-34(19-15-25-21-30(35-3)31(36-4)22-29(25)32)18-10-16-33(27-12-6-5-7-13-27)24-37-23-26-11-8-9-14-28(26)33;/h5-9,11-15,17,19-22H,10,16,18,23-24H2,1-4H3;1H. The van der Waals surface area contributed by atoms with E-state index >= 15 is 0 Å². The minimum Gasteiger partial charge on any atom is -0.493 e. The SMILES string of the molecule is COc1cc2c(cc1OC)C(C)(C)C=CN(CCCC1(c3ccccc3)COCc3ccccc31)C=C2.Cl. The van der Waals surface area contributed by atoms with Gasteiger partial charge in [-0.15, -0.1) is 12.4 Å². The van der Waals surface area contributed by atoms with Crippen LogP contribution in [-0.2, 0) is 22.2 Å². The van der Waals surface area contributed by atoms with Gasteiger partial charge >= 0.3 is 0 Å². The van der Waals surface area contributed by atoms with Gasteiger partial charge in [0.25, 0.3) is 0 Å². The molecule has 0 N–H and O–H groups in total. The van der Waals surface area contributed by atoms with Crippen LogP contribution in [-0.4, -0.2) is 32.3 Å². The normalized spacial score (nSPS) is 19.4. The lowest BCUT2D eigenvalue weighted by Gasteiger charge is -2.40. The van der Waals surface area contributed by atoms with Crippen LogP contribution in [0.5, 0.6) is 11.5 Å². The number of benzene rings is 3. The van der Waals surface area contributed by atoms with Gasteiger partial charge < -0.3 is 19.1 Å². The Morgan fingerprint density at radius 3 is 2.34 bits per heavy atom. The maximum atomic E-state index is 6.19. The van der Waals surface area contributed by atoms with Gasteiger partial charge in [-0.25, -0.2) is 0 Å². The molecule has 0 spiro atoms. The summed E-state index contributed by atoms with van der Waals surface area (Å²) in [5, 5.41) is 0. The summed E-state index contributed by atoms with van der Waals surface area (Å²) < 4.78 is 17.3. The topological polar surface area (TPSA) is 30.9 Å². The van der Waals surface area contributed by atoms with Crippen LogP contribution in [0.25, 0.3) is 6.08 Å². The maximum absolute atomic E-state index is 6.19. The Kier molecular flexibility index (Phi) is 8.54. The Labute approximate surface area is 233 Å². The van der Waals surface area contributed by atoms with Crippen LogP contribution in [0.1, 0.15) is 54.5 Å². The molecule has 5 rings (SSSR count). The first-order valence-corrected chi connectivity index (χ1v) is 13.1. The summed E-state index contributed by atoms with van der Waals surface area (Å²) in [4.78, 5) is 2.30. The number of nitrogens with zero attached hydrogens (tertiary/aromatic N) is 1. The van der Waals surface area contributed by atoms with Crippen LogP contribution < -0.4 is 9.47 Å². The van der Waals surface area contributed by atoms with Gasteiger partial charge in [0.05, 0.1) is 27.4 Å². The fourth-order valence-corrected chi connectivity index (χ4v) is 5.77. The minimum atomic E-state index is -0.153. The summed E-state index contributed by atoms with van der Waals surface area (Å²) in [5.74, 6) is 1.51. The molecule has 5 heteroatoms. The molecule has 0 aromatic heterocycles. The molecule has 0 radical (unpaired) electrons. The predicted octanol–water partition coefficient (Wildman–Crippen LogP) is 7.50. The quantitative estimate of drug-likeness (QED) is 0.316. The van der Waals surface area contributed by atoms with Crippen LogP contribution in [0.3, 0.4) is 0 Å². The van der Waals surface area contributed by atoms with Crippen molar-refractivity contribution >= 4 is 18.5 Å². The number of allylic oxidation sites excluding steroid dienone is 1. The zero-order valence-electron chi connectivity index (χ0n) is 22.8. The molecule has 1 unspecified atom stereocenters. The Hall–Kier alpha value is -3.21. The third-order valence-electron chi connectivity index (χ3n) is 7.86. The van der Waals surface area contributed by atoms with Gasteiger partial charge in [0.1, 0.15) is 0 Å². The predicted molar refractivity (Wildman–Crippen MR) is 157 cm³/mol. The lowest BCUT2D eigenvalue weighted by Crippen LogP contribution is -2.38. The van der Waals surface area contributed by atoms with Gasteiger partial charge in [0.15, 0.2) is 11.5 Å². The highest BCUT2D eigenvalue weighted by molar-refractivity contribution is 5.85. The van der Waals surface area contributed by atoms with Gasteiger partial charge in [-0.05, 0) is 58.9 Å². The van der Waals surface area contributed by atoms with E-state index in [1.54, 1.807) is 14.2 Å². The summed E-state index contributed by atoms with van der Waals surface area (Å²) in [6, 6.07) is 23.8. The van der Waals surface area contributed by atoms with E-state index in [9.17, 15) is 0 Å². The molecule has 3 aromatic rings. The molecule has 0 saturated heterocycles. The number of rotatable bonds is 7. The van der Waals surface area contributed by atoms with Crippen LogP contribution in [0.2, 0.25) is 0 Å². The van der Waals surface area contributed by atoms with Gasteiger partial charge in [0, 0.05) is 29.8 Å². The van der Waals surface area contributed by atoms with Crippen molar-refractivity contribution in [2.75, 3.05) is 27.4 Å². The zero-order valence-corrected chi connectivity index (χ0v) is 23.6. The van der Waals surface area contributed by atoms with Crippen molar-refractivity contribution in [3.05, 3.63) is 113 Å². The molecule has 2 aliphatic heterocycles. The first-order valence-electron chi connectivity index (χ1n) is 13.1. The smallest absolute Gasteiger partial charge is 0.161 e. The summed E-state index contributed by atoms with van der Waals surface area (Å²) in [5.41, 5.74) is 6.11. The van der Waals surface area contributed by atoms with Crippen LogP contribution in [0.4, 0.5) is 0 Å². The van der Waals surface area contributed by atoms with Crippen molar-refractivity contribution in [1.82, 2.24) is 4.90 Å². The van der Waals surface area contributed by atoms with Gasteiger partial charge in [-0.3, -0.25) is 0 Å². The Balaban J connectivity index is 0.00000336. The highest BCUT2D eigenvalue weighted by Crippen LogP contribution is 2.42. The third kappa shape index (κ3) is 5.34. The van der Waals surface area contributed by atoms with E-state index in [-0.39, 0.29) is 23.2 Å². The van der Waals surface area contributed by atoms with Crippen molar-refractivity contribution < 1.29 is 14.2 Å². The van der Waals surface area contributed by atoms with E-state index in [4.69, 9.17) is 14.2 Å². The second kappa shape index (κ2) is 11.7. The van der Waals surface area contributed by atoms with Gasteiger partial charge in [0.2, 0.25) is 0 Å². The van der Waals surface area contributed by atoms with E-state index in [0.29, 0.717) is 13.2 Å². The molecular weight excluding hydrogens is 494 g/mol. The molecule has 200 valence electrons. The molecule has 2 heterocycles. The van der Waals surface area contributed by atoms with Crippen LogP contribution in [0.15, 0.2) is 85.2 Å². The van der Waals surface area contributed by atoms with Gasteiger partial charge in [-0.1, -0.05) is 74.5 Å². The summed E-state index contributed by atoms with van der Waals surface area (Å²) >= 11 is 0. The molecule has 1 atom stereocenters. The van der Waals surface area contributed by atoms with Crippen molar-refractivity contribution in [1.29, 1.82) is 0 Å². The molecule has 0 fully saturated rings. The lowest BCUT2D eigenvalue weighted by atomic mass is 9.69. The highest BCUT2D eigenvalue weighted by atomic mass is 35.5. The fourth-order valence-electron chi connectivity index (χ4n) is 5.77. The number of ether oxygens (including phenoxy) is 3. The van der Waals surface area contributed by atoms with Crippen LogP contribution in [0, 0.1) is 0 Å². The van der Waals surface area contributed by atoms with E-state index in [1.165, 1.54) is 22.3 Å². The largest absolute Gasteiger partial charge is 0.493 e. The summed E-state index contributed by atoms with van der Waals surface area (Å²) in [6.45, 7) is 6.80. The monoisotopic (exact) mass is 531 g/mol. The molecule has 0 saturated carbocycles. The molecule has 0 amide bonds. The number of methoxy groups -OCH3 is 2. The minimum absolute atomic E-state index is 0. The van der Waals surface area contributed by atoms with Gasteiger partial charge in [-0.2, -0.15) is 0 Å². The van der Waals surface area contributed by atoms with E-state index < -0.39 is 0 Å². The van der Waals surface area contributed by atoms with E-state index in [0.717, 1.165) is 36.4 Å². The number of halogens is 1. The van der Waals surface area contributed by atoms with Crippen molar-refractivity contribution in [3.8, 4) is 11.5 Å². The fraction of sp³-hybridized carbons (Fsp3) is 0.333. The van der Waals surface area contributed by atoms with Crippen LogP contribution >= 0.6 is 12.4 Å². The highest BCUT2D eigenvalue weighted by Gasteiger charge is 2.38. The first kappa shape index (κ1) is 27.8. The number of hydrogen-bond acceptors (Lipinski definition) is 4. The average molecular weight is 532 g/mol. The molecule has 2 aliphatic rings. The molecule has 38 heavy (non-hydrogen) atoms. The Bertz CT molecular complexity index is 1300. The first-order chi connectivity index (χ1) is 18.0. The summed E-state index contributed by atoms with van der Waals surface area (Å²) in [6.07, 6.45) is 10.9. The number of fused-ring (bicyclic) bond motifs is 2. The lowest BCUT2D eigenvalue weighted by molar-refractivity contribution is 0.0608. The molecular formula is C33H38ClNO3. The molecule has 0 bridgehead atoms. The van der Waals surface area contributed by atoms with E-state index in [2.05, 4.69) is 110 Å². The second-order valence-electron chi connectivity index (χ2n) is 10.6. The summed E-state index contributed by atoms with van der Waals surface area (Å²) in [7, 11) is 3.37. The van der Waals surface area contributed by atoms with Crippen molar-refractivity contribution in [3.63, 3.8) is 0 Å². The van der Waals surface area contributed by atoms with Crippen molar-refractivity contribution in [2.45, 2.75) is 44.1 Å². The number of hydrogen-bond donors (Lipinski definition) is 0. The zero-order chi connectivity index (χ0) is 25.9. The Morgan fingerprint density at radius 1 is 0.868 bits per heavy atom. The molecule has 0 aliphatic carbocycles. The third-order valence-corrected chi connectivity index (χ3v) is 7.86. The molecule has 4 nitrogen and oxygen atoms in total. The van der Waals surface area contributed by atoms with E-state index in [1.807, 2.05) is 0 Å².